The minimum Gasteiger partial charge on any atom is -0.297 e. The number of hydrogen-bond acceptors (Lipinski definition) is 4. The van der Waals surface area contributed by atoms with Crippen molar-refractivity contribution in [3.63, 3.8) is 0 Å². The van der Waals surface area contributed by atoms with Crippen molar-refractivity contribution in [1.82, 2.24) is 0 Å². The van der Waals surface area contributed by atoms with E-state index in [-0.39, 0.29) is 5.69 Å². The first-order valence-corrected chi connectivity index (χ1v) is 3.48. The minimum atomic E-state index is 0.248. The van der Waals surface area contributed by atoms with Gasteiger partial charge in [-0.1, -0.05) is 0 Å². The number of aldehydes is 1. The van der Waals surface area contributed by atoms with Crippen LogP contribution in [0.25, 0.3) is 0 Å². The molecule has 0 bridgehead atoms. The zero-order chi connectivity index (χ0) is 7.56. The zero-order valence-electron chi connectivity index (χ0n) is 5.33. The highest BCUT2D eigenvalue weighted by atomic mass is 32.1. The molecule has 0 saturated heterocycles. The van der Waals surface area contributed by atoms with E-state index in [4.69, 9.17) is 0 Å². The smallest absolute Gasteiger partial charge is 0.162 e. The summed E-state index contributed by atoms with van der Waals surface area (Å²) in [4.78, 5) is 21.5. The molecule has 4 heteroatoms. The third kappa shape index (κ3) is 1.11. The summed E-state index contributed by atoms with van der Waals surface area (Å²) in [6.07, 6.45) is 0.647. The van der Waals surface area contributed by atoms with Gasteiger partial charge >= 0.3 is 0 Å². The van der Waals surface area contributed by atoms with Crippen molar-refractivity contribution in [1.29, 1.82) is 0 Å². The summed E-state index contributed by atoms with van der Waals surface area (Å²) in [5.41, 5.74) is 0.248. The molecule has 0 saturated carbocycles. The van der Waals surface area contributed by atoms with Gasteiger partial charge in [-0.05, 0) is 18.2 Å². The molecule has 0 aliphatic carbocycles. The molecule has 0 radical (unpaired) electrons. The van der Waals surface area contributed by atoms with Gasteiger partial charge in [0.2, 0.25) is 0 Å². The van der Waals surface area contributed by atoms with Crippen molar-refractivity contribution >= 4 is 23.3 Å². The van der Waals surface area contributed by atoms with E-state index in [2.05, 4.69) is 5.18 Å². The lowest BCUT2D eigenvalue weighted by Crippen LogP contribution is -1.66. The fourth-order valence-corrected chi connectivity index (χ4v) is 1.44. The van der Waals surface area contributed by atoms with Crippen LogP contribution < -0.4 is 0 Å². The third-order valence-corrected chi connectivity index (χ3v) is 2.03. The Balaban J connectivity index is 3.20. The number of carbonyl (C=O) groups is 1. The lowest BCUT2D eigenvalue weighted by Gasteiger charge is -1.76. The summed E-state index contributed by atoms with van der Waals surface area (Å²) in [6.45, 7) is 1.83. The minimum absolute atomic E-state index is 0.248. The highest BCUT2D eigenvalue weighted by Crippen LogP contribution is 2.26. The van der Waals surface area contributed by atoms with Crippen LogP contribution in [0.4, 0.5) is 5.69 Å². The highest BCUT2D eigenvalue weighted by molar-refractivity contribution is 7.14. The molecule has 1 rings (SSSR count). The number of rotatable bonds is 2. The van der Waals surface area contributed by atoms with Gasteiger partial charge < -0.3 is 0 Å². The molecule has 0 fully saturated rings. The highest BCUT2D eigenvalue weighted by Gasteiger charge is 2.04. The quantitative estimate of drug-likeness (QED) is 0.485. The van der Waals surface area contributed by atoms with Crippen molar-refractivity contribution in [3.8, 4) is 0 Å². The number of nitrogens with zero attached hydrogens (tertiary/aromatic N) is 1. The SMILES string of the molecule is Cc1cc(N=O)c(C=O)s1. The van der Waals surface area contributed by atoms with Gasteiger partial charge in [-0.15, -0.1) is 16.2 Å². The molecule has 1 aromatic rings. The average molecular weight is 155 g/mol. The molecular formula is C6H5NO2S. The van der Waals surface area contributed by atoms with Crippen LogP contribution in [0.3, 0.4) is 0 Å². The van der Waals surface area contributed by atoms with Crippen molar-refractivity contribution in [2.24, 2.45) is 5.18 Å². The lowest BCUT2D eigenvalue weighted by molar-refractivity contribution is 0.112. The summed E-state index contributed by atoms with van der Waals surface area (Å²) in [5.74, 6) is 0. The molecule has 0 N–H and O–H groups in total. The van der Waals surface area contributed by atoms with Gasteiger partial charge in [0.15, 0.2) is 6.29 Å². The Hall–Kier alpha value is -1.03. The Labute approximate surface area is 61.7 Å². The standard InChI is InChI=1S/C6H5NO2S/c1-4-2-5(7-9)6(3-8)10-4/h2-3H,1H3. The van der Waals surface area contributed by atoms with Gasteiger partial charge in [0.25, 0.3) is 0 Å². The molecule has 0 unspecified atom stereocenters. The van der Waals surface area contributed by atoms with Crippen LogP contribution in [-0.2, 0) is 0 Å². The van der Waals surface area contributed by atoms with E-state index in [0.29, 0.717) is 11.2 Å². The molecule has 1 heterocycles. The van der Waals surface area contributed by atoms with E-state index in [1.165, 1.54) is 11.3 Å². The molecule has 0 aromatic carbocycles. The maximum atomic E-state index is 10.2. The zero-order valence-corrected chi connectivity index (χ0v) is 6.14. The fourth-order valence-electron chi connectivity index (χ4n) is 0.675. The van der Waals surface area contributed by atoms with E-state index >= 15 is 0 Å². The van der Waals surface area contributed by atoms with Gasteiger partial charge in [0.05, 0.1) is 4.88 Å². The second-order valence-corrected chi connectivity index (χ2v) is 3.10. The summed E-state index contributed by atoms with van der Waals surface area (Å²) < 4.78 is 0. The number of nitroso groups, excluding NO2 is 1. The Kier molecular flexibility index (Phi) is 1.91. The topological polar surface area (TPSA) is 46.5 Å². The predicted molar refractivity (Wildman–Crippen MR) is 39.9 cm³/mol. The number of hydrogen-bond donors (Lipinski definition) is 0. The summed E-state index contributed by atoms with van der Waals surface area (Å²) >= 11 is 1.28. The first-order chi connectivity index (χ1) is 4.77. The van der Waals surface area contributed by atoms with E-state index in [9.17, 15) is 9.70 Å². The Morgan fingerprint density at radius 2 is 2.40 bits per heavy atom. The van der Waals surface area contributed by atoms with Gasteiger partial charge in [0.1, 0.15) is 5.69 Å². The Morgan fingerprint density at radius 3 is 2.80 bits per heavy atom. The second-order valence-electron chi connectivity index (χ2n) is 1.82. The van der Waals surface area contributed by atoms with Gasteiger partial charge in [-0.2, -0.15) is 0 Å². The summed E-state index contributed by atoms with van der Waals surface area (Å²) in [7, 11) is 0. The Bertz CT molecular complexity index is 241. The van der Waals surface area contributed by atoms with E-state index in [0.717, 1.165) is 4.88 Å². The molecule has 0 aliphatic rings. The Morgan fingerprint density at radius 1 is 1.70 bits per heavy atom. The monoisotopic (exact) mass is 155 g/mol. The molecule has 0 atom stereocenters. The summed E-state index contributed by atoms with van der Waals surface area (Å²) in [5, 5.41) is 2.69. The second kappa shape index (κ2) is 2.70. The lowest BCUT2D eigenvalue weighted by atomic mass is 10.4. The van der Waals surface area contributed by atoms with Crippen LogP contribution in [0.2, 0.25) is 0 Å². The van der Waals surface area contributed by atoms with Gasteiger partial charge in [-0.3, -0.25) is 4.79 Å². The molecule has 0 spiro atoms. The van der Waals surface area contributed by atoms with Gasteiger partial charge in [0, 0.05) is 4.88 Å². The molecule has 10 heavy (non-hydrogen) atoms. The molecule has 0 aliphatic heterocycles. The number of carbonyl (C=O) groups excluding carboxylic acids is 1. The predicted octanol–water partition coefficient (Wildman–Crippen LogP) is 2.27. The van der Waals surface area contributed by atoms with E-state index < -0.39 is 0 Å². The first-order valence-electron chi connectivity index (χ1n) is 2.67. The normalized spacial score (nSPS) is 9.30. The molecule has 3 nitrogen and oxygen atoms in total. The van der Waals surface area contributed by atoms with Crippen LogP contribution in [0.1, 0.15) is 14.5 Å². The molecule has 52 valence electrons. The average Bonchev–Trinajstić information content (AvgIpc) is 2.30. The molecular weight excluding hydrogens is 150 g/mol. The number of thiophene rings is 1. The molecule has 0 amide bonds. The van der Waals surface area contributed by atoms with Crippen LogP contribution >= 0.6 is 11.3 Å². The van der Waals surface area contributed by atoms with Crippen LogP contribution in [0.5, 0.6) is 0 Å². The van der Waals surface area contributed by atoms with Crippen LogP contribution in [-0.4, -0.2) is 6.29 Å². The fraction of sp³-hybridized carbons (Fsp3) is 0.167. The van der Waals surface area contributed by atoms with Crippen molar-refractivity contribution in [2.75, 3.05) is 0 Å². The van der Waals surface area contributed by atoms with Crippen molar-refractivity contribution in [2.45, 2.75) is 6.92 Å². The van der Waals surface area contributed by atoms with Crippen LogP contribution in [0, 0.1) is 11.8 Å². The maximum Gasteiger partial charge on any atom is 0.162 e. The van der Waals surface area contributed by atoms with E-state index in [1.54, 1.807) is 6.07 Å². The van der Waals surface area contributed by atoms with Gasteiger partial charge in [-0.25, -0.2) is 0 Å². The van der Waals surface area contributed by atoms with Crippen LogP contribution in [0.15, 0.2) is 11.2 Å². The third-order valence-electron chi connectivity index (χ3n) is 1.07. The van der Waals surface area contributed by atoms with Crippen molar-refractivity contribution < 1.29 is 4.79 Å². The number of aryl methyl sites for hydroxylation is 1. The maximum absolute atomic E-state index is 10.2. The summed E-state index contributed by atoms with van der Waals surface area (Å²) in [6, 6.07) is 1.60. The first kappa shape index (κ1) is 7.08. The molecule has 1 aromatic heterocycles. The largest absolute Gasteiger partial charge is 0.297 e. The van der Waals surface area contributed by atoms with E-state index in [1.807, 2.05) is 6.92 Å². The van der Waals surface area contributed by atoms with Crippen molar-refractivity contribution in [3.05, 3.63) is 20.7 Å².